The van der Waals surface area contributed by atoms with Crippen LogP contribution in [0.15, 0.2) is 24.3 Å². The third kappa shape index (κ3) is 2.87. The van der Waals surface area contributed by atoms with Gasteiger partial charge < -0.3 is 15.6 Å². The molecular formula is C13H18N2O3. The molecule has 1 aliphatic heterocycles. The van der Waals surface area contributed by atoms with Crippen molar-refractivity contribution in [3.63, 3.8) is 0 Å². The number of aliphatic hydroxyl groups excluding tert-OH is 1. The standard InChI is InChI=1S/C13H18N2O3/c14-13(17)12-4-2-1-3-10(12)7-15-5-6-18-9-11(15)8-16/h1-4,11,16H,5-9H2,(H2,14,17). The Bertz CT molecular complexity index is 422. The van der Waals surface area contributed by atoms with Gasteiger partial charge in [-0.15, -0.1) is 0 Å². The number of carbonyl (C=O) groups excluding carboxylic acids is 1. The fourth-order valence-corrected chi connectivity index (χ4v) is 2.18. The molecule has 0 aliphatic carbocycles. The molecule has 1 atom stereocenters. The molecule has 98 valence electrons. The van der Waals surface area contributed by atoms with Crippen LogP contribution in [0.2, 0.25) is 0 Å². The third-order valence-electron chi connectivity index (χ3n) is 3.22. The third-order valence-corrected chi connectivity index (χ3v) is 3.22. The van der Waals surface area contributed by atoms with Crippen LogP contribution < -0.4 is 5.73 Å². The molecule has 1 aromatic carbocycles. The summed E-state index contributed by atoms with van der Waals surface area (Å²) in [6, 6.07) is 7.29. The lowest BCUT2D eigenvalue weighted by Crippen LogP contribution is -2.47. The van der Waals surface area contributed by atoms with Crippen LogP contribution >= 0.6 is 0 Å². The fourth-order valence-electron chi connectivity index (χ4n) is 2.18. The average Bonchev–Trinajstić information content (AvgIpc) is 2.40. The molecule has 3 N–H and O–H groups in total. The van der Waals surface area contributed by atoms with Crippen LogP contribution in [0.5, 0.6) is 0 Å². The number of hydrogen-bond acceptors (Lipinski definition) is 4. The smallest absolute Gasteiger partial charge is 0.249 e. The van der Waals surface area contributed by atoms with E-state index < -0.39 is 5.91 Å². The van der Waals surface area contributed by atoms with Crippen LogP contribution in [0.25, 0.3) is 0 Å². The molecule has 0 bridgehead atoms. The van der Waals surface area contributed by atoms with E-state index in [0.717, 1.165) is 12.1 Å². The van der Waals surface area contributed by atoms with Gasteiger partial charge in [-0.3, -0.25) is 9.69 Å². The highest BCUT2D eigenvalue weighted by molar-refractivity contribution is 5.94. The number of ether oxygens (including phenoxy) is 1. The zero-order valence-corrected chi connectivity index (χ0v) is 10.2. The SMILES string of the molecule is NC(=O)c1ccccc1CN1CCOCC1CO. The topological polar surface area (TPSA) is 75.8 Å². The van der Waals surface area contributed by atoms with Gasteiger partial charge in [-0.1, -0.05) is 18.2 Å². The molecule has 5 nitrogen and oxygen atoms in total. The molecule has 1 aromatic rings. The van der Waals surface area contributed by atoms with E-state index in [1.807, 2.05) is 12.1 Å². The normalized spacial score (nSPS) is 20.8. The Hall–Kier alpha value is -1.43. The number of hydrogen-bond donors (Lipinski definition) is 2. The van der Waals surface area contributed by atoms with Gasteiger partial charge in [-0.05, 0) is 11.6 Å². The molecule has 1 heterocycles. The number of morpholine rings is 1. The van der Waals surface area contributed by atoms with Crippen molar-refractivity contribution in [1.82, 2.24) is 4.90 Å². The minimum atomic E-state index is -0.417. The minimum Gasteiger partial charge on any atom is -0.395 e. The van der Waals surface area contributed by atoms with Crippen molar-refractivity contribution >= 4 is 5.91 Å². The van der Waals surface area contributed by atoms with E-state index in [2.05, 4.69) is 4.90 Å². The van der Waals surface area contributed by atoms with Crippen LogP contribution in [0.4, 0.5) is 0 Å². The lowest BCUT2D eigenvalue weighted by atomic mass is 10.1. The van der Waals surface area contributed by atoms with E-state index in [9.17, 15) is 9.90 Å². The zero-order chi connectivity index (χ0) is 13.0. The number of nitrogens with zero attached hydrogens (tertiary/aromatic N) is 1. The van der Waals surface area contributed by atoms with Crippen LogP contribution in [0.3, 0.4) is 0 Å². The van der Waals surface area contributed by atoms with Gasteiger partial charge in [0.05, 0.1) is 25.9 Å². The second kappa shape index (κ2) is 5.95. The summed E-state index contributed by atoms with van der Waals surface area (Å²) >= 11 is 0. The maximum atomic E-state index is 11.3. The highest BCUT2D eigenvalue weighted by atomic mass is 16.5. The van der Waals surface area contributed by atoms with Crippen LogP contribution in [0, 0.1) is 0 Å². The van der Waals surface area contributed by atoms with Gasteiger partial charge in [0.1, 0.15) is 0 Å². The second-order valence-electron chi connectivity index (χ2n) is 4.40. The summed E-state index contributed by atoms with van der Waals surface area (Å²) in [5.74, 6) is -0.417. The van der Waals surface area contributed by atoms with Crippen LogP contribution in [-0.4, -0.2) is 48.3 Å². The van der Waals surface area contributed by atoms with Gasteiger partial charge in [0.25, 0.3) is 0 Å². The van der Waals surface area contributed by atoms with E-state index in [1.54, 1.807) is 12.1 Å². The molecule has 2 rings (SSSR count). The predicted octanol–water partition coefficient (Wildman–Crippen LogP) is -0.0214. The monoisotopic (exact) mass is 250 g/mol. The molecule has 5 heteroatoms. The van der Waals surface area contributed by atoms with Gasteiger partial charge in [0.2, 0.25) is 5.91 Å². The van der Waals surface area contributed by atoms with Crippen molar-refractivity contribution in [2.75, 3.05) is 26.4 Å². The zero-order valence-electron chi connectivity index (χ0n) is 10.2. The van der Waals surface area contributed by atoms with Gasteiger partial charge in [-0.25, -0.2) is 0 Å². The highest BCUT2D eigenvalue weighted by Gasteiger charge is 2.23. The summed E-state index contributed by atoms with van der Waals surface area (Å²) in [5, 5.41) is 9.30. The van der Waals surface area contributed by atoms with Crippen molar-refractivity contribution in [1.29, 1.82) is 0 Å². The van der Waals surface area contributed by atoms with Crippen molar-refractivity contribution in [2.45, 2.75) is 12.6 Å². The summed E-state index contributed by atoms with van der Waals surface area (Å²) < 4.78 is 5.33. The molecule has 1 unspecified atom stereocenters. The number of benzene rings is 1. The Kier molecular flexibility index (Phi) is 4.30. The number of amides is 1. The van der Waals surface area contributed by atoms with E-state index in [0.29, 0.717) is 25.3 Å². The molecule has 0 aromatic heterocycles. The van der Waals surface area contributed by atoms with Gasteiger partial charge >= 0.3 is 0 Å². The first-order chi connectivity index (χ1) is 8.72. The largest absolute Gasteiger partial charge is 0.395 e. The predicted molar refractivity (Wildman–Crippen MR) is 67.1 cm³/mol. The molecule has 1 fully saturated rings. The maximum absolute atomic E-state index is 11.3. The quantitative estimate of drug-likeness (QED) is 0.787. The fraction of sp³-hybridized carbons (Fsp3) is 0.462. The second-order valence-corrected chi connectivity index (χ2v) is 4.40. The molecule has 1 aliphatic rings. The first-order valence-corrected chi connectivity index (χ1v) is 6.02. The molecule has 1 amide bonds. The van der Waals surface area contributed by atoms with E-state index in [4.69, 9.17) is 10.5 Å². The number of carbonyl (C=O) groups is 1. The first-order valence-electron chi connectivity index (χ1n) is 6.02. The molecule has 0 spiro atoms. The molecule has 18 heavy (non-hydrogen) atoms. The van der Waals surface area contributed by atoms with Crippen LogP contribution in [-0.2, 0) is 11.3 Å². The Balaban J connectivity index is 2.15. The Morgan fingerprint density at radius 2 is 2.28 bits per heavy atom. The van der Waals surface area contributed by atoms with E-state index >= 15 is 0 Å². The minimum absolute atomic E-state index is 0.0142. The number of primary amides is 1. The van der Waals surface area contributed by atoms with Crippen molar-refractivity contribution < 1.29 is 14.6 Å². The van der Waals surface area contributed by atoms with Crippen molar-refractivity contribution in [3.8, 4) is 0 Å². The lowest BCUT2D eigenvalue weighted by Gasteiger charge is -2.34. The Labute approximate surface area is 106 Å². The Morgan fingerprint density at radius 1 is 1.50 bits per heavy atom. The summed E-state index contributed by atoms with van der Waals surface area (Å²) in [6.45, 7) is 2.58. The maximum Gasteiger partial charge on any atom is 0.249 e. The van der Waals surface area contributed by atoms with E-state index in [-0.39, 0.29) is 12.6 Å². The number of rotatable bonds is 4. The van der Waals surface area contributed by atoms with Gasteiger partial charge in [0, 0.05) is 18.7 Å². The molecule has 0 saturated carbocycles. The van der Waals surface area contributed by atoms with Gasteiger partial charge in [0.15, 0.2) is 0 Å². The van der Waals surface area contributed by atoms with E-state index in [1.165, 1.54) is 0 Å². The summed E-state index contributed by atoms with van der Waals surface area (Å²) in [4.78, 5) is 13.5. The van der Waals surface area contributed by atoms with Crippen molar-refractivity contribution in [2.24, 2.45) is 5.73 Å². The first kappa shape index (κ1) is 13.0. The summed E-state index contributed by atoms with van der Waals surface area (Å²) in [7, 11) is 0. The molecule has 1 saturated heterocycles. The lowest BCUT2D eigenvalue weighted by molar-refractivity contribution is -0.0313. The Morgan fingerprint density at radius 3 is 3.00 bits per heavy atom. The molecule has 0 radical (unpaired) electrons. The van der Waals surface area contributed by atoms with Crippen molar-refractivity contribution in [3.05, 3.63) is 35.4 Å². The number of nitrogens with two attached hydrogens (primary N) is 1. The van der Waals surface area contributed by atoms with Gasteiger partial charge in [-0.2, -0.15) is 0 Å². The average molecular weight is 250 g/mol. The molecular weight excluding hydrogens is 232 g/mol. The van der Waals surface area contributed by atoms with Crippen LogP contribution in [0.1, 0.15) is 15.9 Å². The highest BCUT2D eigenvalue weighted by Crippen LogP contribution is 2.15. The summed E-state index contributed by atoms with van der Waals surface area (Å²) in [6.07, 6.45) is 0. The summed E-state index contributed by atoms with van der Waals surface area (Å²) in [5.41, 5.74) is 6.79. The number of aliphatic hydroxyl groups is 1.